The number of halogens is 1. The van der Waals surface area contributed by atoms with Gasteiger partial charge in [0.15, 0.2) is 5.13 Å². The number of aromatic nitrogens is 1. The highest BCUT2D eigenvalue weighted by Gasteiger charge is 2.14. The summed E-state index contributed by atoms with van der Waals surface area (Å²) in [5.41, 5.74) is 1.32. The molecule has 1 aromatic heterocycles. The zero-order valence-corrected chi connectivity index (χ0v) is 15.8. The molecule has 0 aliphatic rings. The Morgan fingerprint density at radius 2 is 1.62 bits per heavy atom. The number of thiazole rings is 1. The van der Waals surface area contributed by atoms with Gasteiger partial charge in [0.1, 0.15) is 11.5 Å². The van der Waals surface area contributed by atoms with Crippen molar-refractivity contribution in [2.45, 2.75) is 0 Å². The van der Waals surface area contributed by atoms with Gasteiger partial charge in [-0.3, -0.25) is 10.1 Å². The Morgan fingerprint density at radius 1 is 0.862 bits per heavy atom. The van der Waals surface area contributed by atoms with Crippen LogP contribution < -0.4 is 16.0 Å². The molecule has 29 heavy (non-hydrogen) atoms. The lowest BCUT2D eigenvalue weighted by molar-refractivity contribution is 0.102. The van der Waals surface area contributed by atoms with Crippen molar-refractivity contribution >= 4 is 50.6 Å². The van der Waals surface area contributed by atoms with E-state index >= 15 is 0 Å². The molecule has 6 nitrogen and oxygen atoms in total. The standard InChI is InChI=1S/C21H15FN4O2S/c22-14-8-10-15(11-9-14)23-20(28)26-21-25-18(12-29-21)19(27)24-17-7-3-5-13-4-1-2-6-16(13)17/h1-12H,(H,24,27)(H2,23,25,26,28). The Bertz CT molecular complexity index is 1190. The lowest BCUT2D eigenvalue weighted by Crippen LogP contribution is -2.19. The number of carbonyl (C=O) groups is 2. The quantitative estimate of drug-likeness (QED) is 0.428. The van der Waals surface area contributed by atoms with Gasteiger partial charge in [0.05, 0.1) is 0 Å². The first-order chi connectivity index (χ1) is 14.1. The molecule has 4 rings (SSSR count). The minimum Gasteiger partial charge on any atom is -0.320 e. The summed E-state index contributed by atoms with van der Waals surface area (Å²) in [7, 11) is 0. The van der Waals surface area contributed by atoms with Crippen LogP contribution in [-0.2, 0) is 0 Å². The maximum absolute atomic E-state index is 12.9. The molecular formula is C21H15FN4O2S. The van der Waals surface area contributed by atoms with E-state index < -0.39 is 11.8 Å². The van der Waals surface area contributed by atoms with Crippen molar-refractivity contribution in [3.05, 3.63) is 83.6 Å². The third-order valence-corrected chi connectivity index (χ3v) is 4.85. The first-order valence-corrected chi connectivity index (χ1v) is 9.55. The summed E-state index contributed by atoms with van der Waals surface area (Å²) in [6.07, 6.45) is 0. The molecule has 3 N–H and O–H groups in total. The summed E-state index contributed by atoms with van der Waals surface area (Å²) < 4.78 is 12.9. The Morgan fingerprint density at radius 3 is 2.45 bits per heavy atom. The number of nitrogens with one attached hydrogen (secondary N) is 3. The number of benzene rings is 3. The molecule has 4 aromatic rings. The average molecular weight is 406 g/mol. The monoisotopic (exact) mass is 406 g/mol. The number of hydrogen-bond acceptors (Lipinski definition) is 4. The molecule has 8 heteroatoms. The number of amides is 3. The van der Waals surface area contributed by atoms with Gasteiger partial charge in [-0.25, -0.2) is 14.2 Å². The fourth-order valence-electron chi connectivity index (χ4n) is 2.75. The van der Waals surface area contributed by atoms with E-state index in [0.29, 0.717) is 11.4 Å². The van der Waals surface area contributed by atoms with Crippen LogP contribution in [0.25, 0.3) is 10.8 Å². The maximum Gasteiger partial charge on any atom is 0.325 e. The van der Waals surface area contributed by atoms with Crippen LogP contribution >= 0.6 is 11.3 Å². The predicted octanol–water partition coefficient (Wildman–Crippen LogP) is 5.33. The first-order valence-electron chi connectivity index (χ1n) is 8.67. The van der Waals surface area contributed by atoms with E-state index in [-0.39, 0.29) is 16.7 Å². The second kappa shape index (κ2) is 8.07. The van der Waals surface area contributed by atoms with Gasteiger partial charge in [-0.15, -0.1) is 11.3 Å². The van der Waals surface area contributed by atoms with E-state index in [0.717, 1.165) is 22.1 Å². The SMILES string of the molecule is O=C(Nc1ccc(F)cc1)Nc1nc(C(=O)Nc2cccc3ccccc23)cs1. The molecule has 144 valence electrons. The van der Waals surface area contributed by atoms with Gasteiger partial charge in [0, 0.05) is 22.1 Å². The fourth-order valence-corrected chi connectivity index (χ4v) is 3.43. The van der Waals surface area contributed by atoms with Crippen molar-refractivity contribution < 1.29 is 14.0 Å². The smallest absolute Gasteiger partial charge is 0.320 e. The molecule has 0 bridgehead atoms. The topological polar surface area (TPSA) is 83.1 Å². The van der Waals surface area contributed by atoms with E-state index in [9.17, 15) is 14.0 Å². The molecule has 0 aliphatic heterocycles. The normalized spacial score (nSPS) is 10.5. The lowest BCUT2D eigenvalue weighted by atomic mass is 10.1. The van der Waals surface area contributed by atoms with Crippen LogP contribution in [0.1, 0.15) is 10.5 Å². The highest BCUT2D eigenvalue weighted by molar-refractivity contribution is 7.14. The Kier molecular flexibility index (Phi) is 5.17. The van der Waals surface area contributed by atoms with Gasteiger partial charge in [-0.05, 0) is 35.7 Å². The number of anilines is 3. The fraction of sp³-hybridized carbons (Fsp3) is 0. The number of hydrogen-bond donors (Lipinski definition) is 3. The van der Waals surface area contributed by atoms with Gasteiger partial charge in [0.25, 0.3) is 5.91 Å². The molecule has 0 saturated carbocycles. The predicted molar refractivity (Wildman–Crippen MR) is 113 cm³/mol. The van der Waals surface area contributed by atoms with Gasteiger partial charge in [-0.1, -0.05) is 36.4 Å². The molecule has 0 fully saturated rings. The van der Waals surface area contributed by atoms with Crippen LogP contribution in [0.3, 0.4) is 0 Å². The van der Waals surface area contributed by atoms with Crippen LogP contribution in [0, 0.1) is 5.82 Å². The van der Waals surface area contributed by atoms with E-state index in [1.807, 2.05) is 42.5 Å². The van der Waals surface area contributed by atoms with Crippen LogP contribution in [0.2, 0.25) is 0 Å². The van der Waals surface area contributed by atoms with Crippen molar-refractivity contribution in [2.75, 3.05) is 16.0 Å². The maximum atomic E-state index is 12.9. The van der Waals surface area contributed by atoms with Gasteiger partial charge in [-0.2, -0.15) is 0 Å². The molecule has 0 spiro atoms. The molecule has 3 aromatic carbocycles. The molecule has 0 radical (unpaired) electrons. The molecular weight excluding hydrogens is 391 g/mol. The minimum absolute atomic E-state index is 0.194. The van der Waals surface area contributed by atoms with Gasteiger partial charge in [0.2, 0.25) is 0 Å². The van der Waals surface area contributed by atoms with Crippen molar-refractivity contribution in [3.8, 4) is 0 Å². The van der Waals surface area contributed by atoms with E-state index in [1.165, 1.54) is 24.3 Å². The van der Waals surface area contributed by atoms with Crippen LogP contribution in [-0.4, -0.2) is 16.9 Å². The highest BCUT2D eigenvalue weighted by Crippen LogP contribution is 2.24. The summed E-state index contributed by atoms with van der Waals surface area (Å²) >= 11 is 1.13. The van der Waals surface area contributed by atoms with Gasteiger partial charge < -0.3 is 10.6 Å². The third kappa shape index (κ3) is 4.39. The van der Waals surface area contributed by atoms with Crippen LogP contribution in [0.4, 0.5) is 25.7 Å². The van der Waals surface area contributed by atoms with E-state index in [1.54, 1.807) is 5.38 Å². The third-order valence-electron chi connectivity index (χ3n) is 4.10. The van der Waals surface area contributed by atoms with Crippen molar-refractivity contribution in [2.24, 2.45) is 0 Å². The second-order valence-corrected chi connectivity index (χ2v) is 6.96. The van der Waals surface area contributed by atoms with E-state index in [4.69, 9.17) is 0 Å². The average Bonchev–Trinajstić information content (AvgIpc) is 3.18. The summed E-state index contributed by atoms with van der Waals surface area (Å²) in [5.74, 6) is -0.762. The molecule has 0 saturated heterocycles. The molecule has 0 aliphatic carbocycles. The number of urea groups is 1. The van der Waals surface area contributed by atoms with Crippen molar-refractivity contribution in [1.29, 1.82) is 0 Å². The van der Waals surface area contributed by atoms with Crippen LogP contribution in [0.5, 0.6) is 0 Å². The minimum atomic E-state index is -0.535. The number of fused-ring (bicyclic) bond motifs is 1. The Labute approximate surface area is 169 Å². The zero-order chi connectivity index (χ0) is 20.2. The summed E-state index contributed by atoms with van der Waals surface area (Å²) in [4.78, 5) is 28.7. The largest absolute Gasteiger partial charge is 0.325 e. The highest BCUT2D eigenvalue weighted by atomic mass is 32.1. The number of carbonyl (C=O) groups excluding carboxylic acids is 2. The summed E-state index contributed by atoms with van der Waals surface area (Å²) in [6, 6.07) is 18.2. The molecule has 0 atom stereocenters. The lowest BCUT2D eigenvalue weighted by Gasteiger charge is -2.07. The second-order valence-electron chi connectivity index (χ2n) is 6.10. The van der Waals surface area contributed by atoms with Crippen LogP contribution in [0.15, 0.2) is 72.1 Å². The number of rotatable bonds is 4. The zero-order valence-electron chi connectivity index (χ0n) is 15.0. The Hall–Kier alpha value is -3.78. The summed E-state index contributed by atoms with van der Waals surface area (Å²) in [5, 5.41) is 11.8. The first kappa shape index (κ1) is 18.6. The number of nitrogens with zero attached hydrogens (tertiary/aromatic N) is 1. The summed E-state index contributed by atoms with van der Waals surface area (Å²) in [6.45, 7) is 0. The van der Waals surface area contributed by atoms with Crippen molar-refractivity contribution in [3.63, 3.8) is 0 Å². The Balaban J connectivity index is 1.42. The van der Waals surface area contributed by atoms with Gasteiger partial charge >= 0.3 is 6.03 Å². The molecule has 1 heterocycles. The van der Waals surface area contributed by atoms with Crippen molar-refractivity contribution in [1.82, 2.24) is 4.98 Å². The van der Waals surface area contributed by atoms with E-state index in [2.05, 4.69) is 20.9 Å². The molecule has 3 amide bonds. The molecule has 0 unspecified atom stereocenters.